The zero-order valence-electron chi connectivity index (χ0n) is 15.2. The molecule has 1 unspecified atom stereocenters. The Morgan fingerprint density at radius 2 is 1.96 bits per heavy atom. The maximum Gasteiger partial charge on any atom is 0.211 e. The predicted octanol–water partition coefficient (Wildman–Crippen LogP) is 2.09. The van der Waals surface area contributed by atoms with Crippen LogP contribution in [0, 0.1) is 17.8 Å². The number of ketones is 1. The van der Waals surface area contributed by atoms with Crippen LogP contribution in [0.3, 0.4) is 0 Å². The van der Waals surface area contributed by atoms with Crippen LogP contribution in [0.5, 0.6) is 0 Å². The lowest BCUT2D eigenvalue weighted by molar-refractivity contribution is 0.0883. The summed E-state index contributed by atoms with van der Waals surface area (Å²) in [7, 11) is 0.713. The first-order chi connectivity index (χ1) is 11.1. The van der Waals surface area contributed by atoms with Crippen LogP contribution in [0.2, 0.25) is 0 Å². The van der Waals surface area contributed by atoms with Crippen LogP contribution in [0.4, 0.5) is 0 Å². The summed E-state index contributed by atoms with van der Waals surface area (Å²) in [6.45, 7) is 5.61. The molecule has 1 aliphatic heterocycles. The van der Waals surface area contributed by atoms with E-state index in [2.05, 4.69) is 18.7 Å². The summed E-state index contributed by atoms with van der Waals surface area (Å²) in [5, 5.41) is 0. The van der Waals surface area contributed by atoms with Crippen molar-refractivity contribution in [1.29, 1.82) is 0 Å². The van der Waals surface area contributed by atoms with Crippen LogP contribution in [0.1, 0.15) is 29.8 Å². The monoisotopic (exact) mass is 352 g/mol. The Hall–Kier alpha value is -1.24. The molecule has 0 saturated carbocycles. The van der Waals surface area contributed by atoms with E-state index < -0.39 is 10.0 Å². The van der Waals surface area contributed by atoms with E-state index in [4.69, 9.17) is 0 Å². The van der Waals surface area contributed by atoms with E-state index in [1.807, 2.05) is 38.4 Å². The van der Waals surface area contributed by atoms with Crippen LogP contribution in [0.25, 0.3) is 0 Å². The molecule has 1 aliphatic rings. The smallest absolute Gasteiger partial charge is 0.211 e. The first-order valence-electron chi connectivity index (χ1n) is 8.32. The molecule has 134 valence electrons. The van der Waals surface area contributed by atoms with E-state index in [1.165, 1.54) is 10.6 Å². The van der Waals surface area contributed by atoms with Crippen LogP contribution in [-0.2, 0) is 16.6 Å². The Bertz CT molecular complexity index is 698. The second-order valence-electron chi connectivity index (χ2n) is 7.40. The lowest BCUT2D eigenvalue weighted by Crippen LogP contribution is -2.29. The van der Waals surface area contributed by atoms with Crippen molar-refractivity contribution in [3.05, 3.63) is 35.4 Å². The number of Topliss-reactive ketones (excluding diaryl/α,β-unsaturated/α-hetero) is 1. The largest absolute Gasteiger partial charge is 0.305 e. The van der Waals surface area contributed by atoms with Gasteiger partial charge < -0.3 is 4.90 Å². The third-order valence-corrected chi connectivity index (χ3v) is 5.94. The number of benzene rings is 1. The van der Waals surface area contributed by atoms with E-state index >= 15 is 0 Å². The van der Waals surface area contributed by atoms with Gasteiger partial charge in [0, 0.05) is 31.1 Å². The quantitative estimate of drug-likeness (QED) is 0.736. The minimum absolute atomic E-state index is 0.0560. The third-order valence-electron chi connectivity index (χ3n) is 4.70. The van der Waals surface area contributed by atoms with Crippen molar-refractivity contribution in [3.63, 3.8) is 0 Å². The summed E-state index contributed by atoms with van der Waals surface area (Å²) in [6.07, 6.45) is 1.22. The second kappa shape index (κ2) is 7.33. The van der Waals surface area contributed by atoms with Crippen LogP contribution < -0.4 is 0 Å². The molecule has 0 bridgehead atoms. The fourth-order valence-electron chi connectivity index (χ4n) is 3.42. The topological polar surface area (TPSA) is 57.7 Å². The highest BCUT2D eigenvalue weighted by Crippen LogP contribution is 2.33. The molecule has 0 radical (unpaired) electrons. The Balaban J connectivity index is 2.27. The van der Waals surface area contributed by atoms with Crippen LogP contribution >= 0.6 is 0 Å². The van der Waals surface area contributed by atoms with Crippen LogP contribution in [-0.4, -0.2) is 56.8 Å². The second-order valence-corrected chi connectivity index (χ2v) is 9.38. The minimum atomic E-state index is -3.27. The molecular formula is C18H28N2O3S. The van der Waals surface area contributed by atoms with Crippen molar-refractivity contribution in [1.82, 2.24) is 9.21 Å². The fourth-order valence-corrected chi connectivity index (χ4v) is 4.29. The summed E-state index contributed by atoms with van der Waals surface area (Å²) >= 11 is 0. The molecule has 0 amide bonds. The fraction of sp³-hybridized carbons (Fsp3) is 0.611. The Kier molecular flexibility index (Phi) is 5.83. The molecule has 6 heteroatoms. The molecule has 0 aromatic heterocycles. The highest BCUT2D eigenvalue weighted by Gasteiger charge is 2.42. The zero-order chi connectivity index (χ0) is 18.1. The number of hydrogen-bond acceptors (Lipinski definition) is 4. The SMILES string of the molecule is CC(C)[C@H]1CN(S(C)(=O)=O)CC1C(=O)c1cccc(CN(C)C)c1. The minimum Gasteiger partial charge on any atom is -0.305 e. The van der Waals surface area contributed by atoms with Crippen molar-refractivity contribution in [2.45, 2.75) is 20.4 Å². The predicted molar refractivity (Wildman–Crippen MR) is 96.4 cm³/mol. The first-order valence-corrected chi connectivity index (χ1v) is 10.2. The number of sulfonamides is 1. The van der Waals surface area contributed by atoms with Crippen LogP contribution in [0.15, 0.2) is 24.3 Å². The van der Waals surface area contributed by atoms with Gasteiger partial charge >= 0.3 is 0 Å². The van der Waals surface area contributed by atoms with Gasteiger partial charge in [0.05, 0.1) is 6.26 Å². The zero-order valence-corrected chi connectivity index (χ0v) is 16.0. The normalized spacial score (nSPS) is 22.5. The average molecular weight is 353 g/mol. The summed E-state index contributed by atoms with van der Waals surface area (Å²) in [5.74, 6) is 0.107. The summed E-state index contributed by atoms with van der Waals surface area (Å²) in [4.78, 5) is 15.1. The summed E-state index contributed by atoms with van der Waals surface area (Å²) in [6, 6.07) is 7.68. The number of nitrogens with zero attached hydrogens (tertiary/aromatic N) is 2. The molecule has 1 aromatic rings. The van der Waals surface area contributed by atoms with Gasteiger partial charge in [0.25, 0.3) is 0 Å². The number of carbonyl (C=O) groups is 1. The van der Waals surface area contributed by atoms with Crippen molar-refractivity contribution in [2.75, 3.05) is 33.4 Å². The molecule has 1 aromatic carbocycles. The molecule has 1 fully saturated rings. The van der Waals surface area contributed by atoms with Gasteiger partial charge in [-0.05, 0) is 37.6 Å². The molecule has 5 nitrogen and oxygen atoms in total. The molecule has 1 heterocycles. The molecule has 2 atom stereocenters. The van der Waals surface area contributed by atoms with E-state index in [0.717, 1.165) is 12.1 Å². The Morgan fingerprint density at radius 3 is 2.50 bits per heavy atom. The van der Waals surface area contributed by atoms with Gasteiger partial charge in [0.15, 0.2) is 5.78 Å². The lowest BCUT2D eigenvalue weighted by Gasteiger charge is -2.21. The highest BCUT2D eigenvalue weighted by atomic mass is 32.2. The van der Waals surface area contributed by atoms with E-state index in [9.17, 15) is 13.2 Å². The lowest BCUT2D eigenvalue weighted by atomic mass is 9.81. The Morgan fingerprint density at radius 1 is 1.29 bits per heavy atom. The highest BCUT2D eigenvalue weighted by molar-refractivity contribution is 7.88. The van der Waals surface area contributed by atoms with Gasteiger partial charge in [0.1, 0.15) is 0 Å². The molecular weight excluding hydrogens is 324 g/mol. The van der Waals surface area contributed by atoms with Gasteiger partial charge in [-0.2, -0.15) is 0 Å². The third kappa shape index (κ3) is 4.43. The molecule has 0 spiro atoms. The summed E-state index contributed by atoms with van der Waals surface area (Å²) in [5.41, 5.74) is 1.77. The first kappa shape index (κ1) is 19.1. The maximum atomic E-state index is 13.0. The van der Waals surface area contributed by atoms with Gasteiger partial charge in [-0.25, -0.2) is 12.7 Å². The number of carbonyl (C=O) groups excluding carboxylic acids is 1. The van der Waals surface area contributed by atoms with Gasteiger partial charge in [-0.1, -0.05) is 32.0 Å². The maximum absolute atomic E-state index is 13.0. The van der Waals surface area contributed by atoms with Gasteiger partial charge in [0.2, 0.25) is 10.0 Å². The van der Waals surface area contributed by atoms with Gasteiger partial charge in [-0.15, -0.1) is 0 Å². The molecule has 2 rings (SSSR count). The molecule has 1 saturated heterocycles. The molecule has 24 heavy (non-hydrogen) atoms. The number of rotatable bonds is 6. The van der Waals surface area contributed by atoms with E-state index in [1.54, 1.807) is 0 Å². The molecule has 0 N–H and O–H groups in total. The van der Waals surface area contributed by atoms with Gasteiger partial charge in [-0.3, -0.25) is 4.79 Å². The number of hydrogen-bond donors (Lipinski definition) is 0. The van der Waals surface area contributed by atoms with E-state index in [0.29, 0.717) is 18.7 Å². The standard InChI is InChI=1S/C18H28N2O3S/c1-13(2)16-11-20(24(5,22)23)12-17(16)18(21)15-8-6-7-14(9-15)10-19(3)4/h6-9,13,16-17H,10-12H2,1-5H3/t16-,17?/m1/s1. The van der Waals surface area contributed by atoms with E-state index in [-0.39, 0.29) is 23.5 Å². The van der Waals surface area contributed by atoms with Crippen molar-refractivity contribution < 1.29 is 13.2 Å². The van der Waals surface area contributed by atoms with Crippen molar-refractivity contribution in [2.24, 2.45) is 17.8 Å². The van der Waals surface area contributed by atoms with Crippen molar-refractivity contribution in [3.8, 4) is 0 Å². The average Bonchev–Trinajstić information content (AvgIpc) is 2.91. The van der Waals surface area contributed by atoms with Crippen molar-refractivity contribution >= 4 is 15.8 Å². The Labute approximate surface area is 145 Å². The summed E-state index contributed by atoms with van der Waals surface area (Å²) < 4.78 is 25.2. The molecule has 0 aliphatic carbocycles.